The number of ether oxygens (including phenoxy) is 1. The minimum atomic E-state index is -0.559. The molecule has 0 aliphatic heterocycles. The summed E-state index contributed by atoms with van der Waals surface area (Å²) in [5, 5.41) is 0.693. The summed E-state index contributed by atoms with van der Waals surface area (Å²) >= 11 is 5.67. The summed E-state index contributed by atoms with van der Waals surface area (Å²) < 4.78 is 24.0. The number of methoxy groups -OCH3 is 1. The van der Waals surface area contributed by atoms with Crippen LogP contribution >= 0.6 is 11.6 Å². The van der Waals surface area contributed by atoms with E-state index in [0.29, 0.717) is 17.8 Å². The third-order valence-corrected chi connectivity index (χ3v) is 2.70. The fourth-order valence-corrected chi connectivity index (χ4v) is 1.82. The Kier molecular flexibility index (Phi) is 3.14. The van der Waals surface area contributed by atoms with Gasteiger partial charge in [0.2, 0.25) is 0 Å². The molecule has 0 radical (unpaired) electrons. The average molecular weight is 244 g/mol. The lowest BCUT2D eigenvalue weighted by atomic mass is 10.1. The van der Waals surface area contributed by atoms with E-state index in [-0.39, 0.29) is 17.2 Å². The second-order valence-electron chi connectivity index (χ2n) is 3.38. The predicted octanol–water partition coefficient (Wildman–Crippen LogP) is 2.83. The van der Waals surface area contributed by atoms with E-state index in [1.165, 1.54) is 6.07 Å². The van der Waals surface area contributed by atoms with Crippen LogP contribution in [0.4, 0.5) is 4.39 Å². The smallest absolute Gasteiger partial charge is 0.184 e. The summed E-state index contributed by atoms with van der Waals surface area (Å²) in [6.45, 7) is 0.533. The van der Waals surface area contributed by atoms with E-state index in [1.807, 2.05) is 0 Å². The summed E-state index contributed by atoms with van der Waals surface area (Å²) in [6.07, 6.45) is 0. The maximum Gasteiger partial charge on any atom is 0.184 e. The first-order valence-corrected chi connectivity index (χ1v) is 5.14. The maximum atomic E-state index is 13.7. The zero-order chi connectivity index (χ0) is 11.7. The Bertz CT molecular complexity index is 524. The first kappa shape index (κ1) is 11.4. The molecular weight excluding hydrogens is 233 g/mol. The number of nitrogens with two attached hydrogens (primary N) is 1. The van der Waals surface area contributed by atoms with E-state index < -0.39 is 5.82 Å². The van der Waals surface area contributed by atoms with Crippen LogP contribution in [0.3, 0.4) is 0 Å². The van der Waals surface area contributed by atoms with Crippen molar-refractivity contribution in [3.63, 3.8) is 0 Å². The van der Waals surface area contributed by atoms with Crippen molar-refractivity contribution in [1.29, 1.82) is 0 Å². The Labute approximate surface area is 96.9 Å². The normalized spacial score (nSPS) is 11.2. The molecule has 0 saturated heterocycles. The largest absolute Gasteiger partial charge is 0.456 e. The second kappa shape index (κ2) is 4.41. The summed E-state index contributed by atoms with van der Waals surface area (Å²) in [5.41, 5.74) is 6.44. The van der Waals surface area contributed by atoms with Crippen molar-refractivity contribution in [2.24, 2.45) is 5.73 Å². The molecule has 2 aromatic rings. The lowest BCUT2D eigenvalue weighted by molar-refractivity contribution is 0.184. The van der Waals surface area contributed by atoms with Gasteiger partial charge >= 0.3 is 0 Å². The molecular formula is C11H11ClFNO2. The molecule has 0 bridgehead atoms. The van der Waals surface area contributed by atoms with E-state index in [4.69, 9.17) is 26.5 Å². The number of halogens is 2. The topological polar surface area (TPSA) is 48.4 Å². The van der Waals surface area contributed by atoms with Gasteiger partial charge in [-0.3, -0.25) is 0 Å². The highest BCUT2D eigenvalue weighted by molar-refractivity contribution is 6.31. The molecule has 1 aromatic carbocycles. The number of furan rings is 1. The minimum Gasteiger partial charge on any atom is -0.456 e. The molecule has 0 amide bonds. The average Bonchev–Trinajstić information content (AvgIpc) is 2.63. The molecule has 0 saturated carbocycles. The summed E-state index contributed by atoms with van der Waals surface area (Å²) in [5.74, 6) is -0.0331. The lowest BCUT2D eigenvalue weighted by Crippen LogP contribution is -1.99. The first-order chi connectivity index (χ1) is 7.69. The lowest BCUT2D eigenvalue weighted by Gasteiger charge is -1.98. The molecule has 2 rings (SSSR count). The van der Waals surface area contributed by atoms with Crippen LogP contribution in [0.1, 0.15) is 11.3 Å². The van der Waals surface area contributed by atoms with Gasteiger partial charge < -0.3 is 14.9 Å². The van der Waals surface area contributed by atoms with Gasteiger partial charge in [0.1, 0.15) is 5.76 Å². The molecule has 16 heavy (non-hydrogen) atoms. The molecule has 3 nitrogen and oxygen atoms in total. The third kappa shape index (κ3) is 1.69. The highest BCUT2D eigenvalue weighted by Gasteiger charge is 2.17. The zero-order valence-corrected chi connectivity index (χ0v) is 9.47. The number of benzene rings is 1. The maximum absolute atomic E-state index is 13.7. The Morgan fingerprint density at radius 2 is 2.25 bits per heavy atom. The van der Waals surface area contributed by atoms with Crippen LogP contribution in [-0.4, -0.2) is 7.11 Å². The highest BCUT2D eigenvalue weighted by Crippen LogP contribution is 2.31. The van der Waals surface area contributed by atoms with Gasteiger partial charge in [-0.2, -0.15) is 0 Å². The highest BCUT2D eigenvalue weighted by atomic mass is 35.5. The quantitative estimate of drug-likeness (QED) is 0.902. The number of hydrogen-bond acceptors (Lipinski definition) is 3. The predicted molar refractivity (Wildman–Crippen MR) is 59.8 cm³/mol. The standard InChI is InChI=1S/C11H11ClFNO2/c1-15-5-7-6-2-3-8(12)10(13)11(6)16-9(7)4-14/h2-3H,4-5,14H2,1H3. The van der Waals surface area contributed by atoms with Crippen molar-refractivity contribution in [2.75, 3.05) is 7.11 Å². The monoisotopic (exact) mass is 243 g/mol. The van der Waals surface area contributed by atoms with Gasteiger partial charge in [-0.05, 0) is 12.1 Å². The van der Waals surface area contributed by atoms with E-state index in [9.17, 15) is 4.39 Å². The summed E-state index contributed by atoms with van der Waals surface area (Å²) in [6, 6.07) is 3.20. The van der Waals surface area contributed by atoms with Crippen LogP contribution < -0.4 is 5.73 Å². The molecule has 2 N–H and O–H groups in total. The van der Waals surface area contributed by atoms with E-state index in [0.717, 1.165) is 5.56 Å². The van der Waals surface area contributed by atoms with Gasteiger partial charge in [-0.1, -0.05) is 11.6 Å². The number of hydrogen-bond donors (Lipinski definition) is 1. The van der Waals surface area contributed by atoms with Crippen LogP contribution in [0, 0.1) is 5.82 Å². The summed E-state index contributed by atoms with van der Waals surface area (Å²) in [7, 11) is 1.56. The fraction of sp³-hybridized carbons (Fsp3) is 0.273. The van der Waals surface area contributed by atoms with Crippen LogP contribution in [0.2, 0.25) is 5.02 Å². The molecule has 1 aromatic heterocycles. The van der Waals surface area contributed by atoms with E-state index >= 15 is 0 Å². The van der Waals surface area contributed by atoms with Crippen LogP contribution in [0.15, 0.2) is 16.5 Å². The van der Waals surface area contributed by atoms with Gasteiger partial charge in [0.25, 0.3) is 0 Å². The van der Waals surface area contributed by atoms with Gasteiger partial charge in [0.15, 0.2) is 11.4 Å². The van der Waals surface area contributed by atoms with Gasteiger partial charge in [-0.15, -0.1) is 0 Å². The van der Waals surface area contributed by atoms with Crippen molar-refractivity contribution < 1.29 is 13.5 Å². The number of rotatable bonds is 3. The minimum absolute atomic E-state index is 0.0359. The van der Waals surface area contributed by atoms with Crippen molar-refractivity contribution in [3.05, 3.63) is 34.3 Å². The first-order valence-electron chi connectivity index (χ1n) is 4.76. The van der Waals surface area contributed by atoms with Crippen molar-refractivity contribution in [1.82, 2.24) is 0 Å². The Morgan fingerprint density at radius 3 is 2.88 bits per heavy atom. The fourth-order valence-electron chi connectivity index (χ4n) is 1.67. The molecule has 0 aliphatic carbocycles. The molecule has 0 aliphatic rings. The number of fused-ring (bicyclic) bond motifs is 1. The molecule has 1 heterocycles. The molecule has 0 fully saturated rings. The molecule has 5 heteroatoms. The zero-order valence-electron chi connectivity index (χ0n) is 8.72. The molecule has 0 spiro atoms. The van der Waals surface area contributed by atoms with Crippen LogP contribution in [-0.2, 0) is 17.9 Å². The van der Waals surface area contributed by atoms with E-state index in [1.54, 1.807) is 13.2 Å². The second-order valence-corrected chi connectivity index (χ2v) is 3.79. The molecule has 0 atom stereocenters. The van der Waals surface area contributed by atoms with Gasteiger partial charge in [0, 0.05) is 18.1 Å². The van der Waals surface area contributed by atoms with Crippen LogP contribution in [0.5, 0.6) is 0 Å². The molecule has 86 valence electrons. The van der Waals surface area contributed by atoms with Gasteiger partial charge in [-0.25, -0.2) is 4.39 Å². The third-order valence-electron chi connectivity index (χ3n) is 2.41. The Morgan fingerprint density at radius 1 is 1.50 bits per heavy atom. The van der Waals surface area contributed by atoms with Crippen molar-refractivity contribution in [2.45, 2.75) is 13.2 Å². The Balaban J connectivity index is 2.72. The SMILES string of the molecule is COCc1c(CN)oc2c(F)c(Cl)ccc12. The van der Waals surface area contributed by atoms with Crippen molar-refractivity contribution >= 4 is 22.6 Å². The van der Waals surface area contributed by atoms with E-state index in [2.05, 4.69) is 0 Å². The summed E-state index contributed by atoms with van der Waals surface area (Å²) in [4.78, 5) is 0. The molecule has 0 unspecified atom stereocenters. The van der Waals surface area contributed by atoms with Crippen LogP contribution in [0.25, 0.3) is 11.0 Å². The van der Waals surface area contributed by atoms with Gasteiger partial charge in [0.05, 0.1) is 18.2 Å². The Hall–Kier alpha value is -1.10. The van der Waals surface area contributed by atoms with Crippen molar-refractivity contribution in [3.8, 4) is 0 Å².